The third-order valence-corrected chi connectivity index (χ3v) is 2.71. The summed E-state index contributed by atoms with van der Waals surface area (Å²) in [6.45, 7) is 1.60. The molecule has 0 atom stereocenters. The zero-order valence-corrected chi connectivity index (χ0v) is 10.8. The van der Waals surface area contributed by atoms with Gasteiger partial charge in [0.15, 0.2) is 0 Å². The van der Waals surface area contributed by atoms with Crippen LogP contribution in [0.3, 0.4) is 0 Å². The van der Waals surface area contributed by atoms with Gasteiger partial charge in [-0.15, -0.1) is 0 Å². The molecule has 0 saturated heterocycles. The SMILES string of the molecule is CN(C)CCN(C)C(=O)Cc1ccccc1N. The van der Waals surface area contributed by atoms with Crippen molar-refractivity contribution in [3.63, 3.8) is 0 Å². The van der Waals surface area contributed by atoms with Gasteiger partial charge in [-0.2, -0.15) is 0 Å². The first-order valence-electron chi connectivity index (χ1n) is 5.72. The fraction of sp³-hybridized carbons (Fsp3) is 0.462. The number of nitrogens with zero attached hydrogens (tertiary/aromatic N) is 2. The Labute approximate surface area is 103 Å². The number of likely N-dealkylation sites (N-methyl/N-ethyl adjacent to an activating group) is 2. The molecule has 94 valence electrons. The summed E-state index contributed by atoms with van der Waals surface area (Å²) in [4.78, 5) is 15.7. The fourth-order valence-corrected chi connectivity index (χ4v) is 1.47. The van der Waals surface area contributed by atoms with Crippen molar-refractivity contribution >= 4 is 11.6 Å². The molecule has 0 bridgehead atoms. The van der Waals surface area contributed by atoms with Crippen molar-refractivity contribution in [1.82, 2.24) is 9.80 Å². The third kappa shape index (κ3) is 4.44. The van der Waals surface area contributed by atoms with Crippen LogP contribution >= 0.6 is 0 Å². The summed E-state index contributed by atoms with van der Waals surface area (Å²) in [7, 11) is 5.81. The molecule has 0 aliphatic carbocycles. The highest BCUT2D eigenvalue weighted by Crippen LogP contribution is 2.11. The molecule has 0 spiro atoms. The second-order valence-corrected chi connectivity index (χ2v) is 4.49. The maximum atomic E-state index is 11.9. The lowest BCUT2D eigenvalue weighted by Gasteiger charge is -2.20. The van der Waals surface area contributed by atoms with E-state index in [-0.39, 0.29) is 5.91 Å². The van der Waals surface area contributed by atoms with E-state index in [4.69, 9.17) is 5.73 Å². The van der Waals surface area contributed by atoms with E-state index in [9.17, 15) is 4.79 Å². The van der Waals surface area contributed by atoms with Crippen LogP contribution in [-0.2, 0) is 11.2 Å². The molecular weight excluding hydrogens is 214 g/mol. The van der Waals surface area contributed by atoms with E-state index in [0.717, 1.165) is 18.7 Å². The lowest BCUT2D eigenvalue weighted by Crippen LogP contribution is -2.34. The largest absolute Gasteiger partial charge is 0.398 e. The van der Waals surface area contributed by atoms with Crippen molar-refractivity contribution in [2.24, 2.45) is 0 Å². The normalized spacial score (nSPS) is 10.6. The van der Waals surface area contributed by atoms with Crippen LogP contribution in [0.5, 0.6) is 0 Å². The van der Waals surface area contributed by atoms with Crippen molar-refractivity contribution in [3.05, 3.63) is 29.8 Å². The lowest BCUT2D eigenvalue weighted by atomic mass is 10.1. The molecule has 4 heteroatoms. The molecule has 0 aliphatic heterocycles. The van der Waals surface area contributed by atoms with Crippen LogP contribution in [0, 0.1) is 0 Å². The first-order valence-corrected chi connectivity index (χ1v) is 5.72. The molecule has 17 heavy (non-hydrogen) atoms. The zero-order valence-electron chi connectivity index (χ0n) is 10.8. The molecule has 0 fully saturated rings. The van der Waals surface area contributed by atoms with Gasteiger partial charge < -0.3 is 15.5 Å². The van der Waals surface area contributed by atoms with Gasteiger partial charge in [-0.1, -0.05) is 18.2 Å². The van der Waals surface area contributed by atoms with E-state index in [2.05, 4.69) is 4.90 Å². The van der Waals surface area contributed by atoms with Gasteiger partial charge in [-0.05, 0) is 25.7 Å². The molecule has 1 aromatic rings. The molecular formula is C13H21N3O. The Morgan fingerprint density at radius 2 is 1.82 bits per heavy atom. The Balaban J connectivity index is 2.52. The highest BCUT2D eigenvalue weighted by molar-refractivity contribution is 5.80. The van der Waals surface area contributed by atoms with Crippen LogP contribution in [-0.4, -0.2) is 49.9 Å². The van der Waals surface area contributed by atoms with Gasteiger partial charge >= 0.3 is 0 Å². The second-order valence-electron chi connectivity index (χ2n) is 4.49. The second kappa shape index (κ2) is 6.25. The zero-order chi connectivity index (χ0) is 12.8. The van der Waals surface area contributed by atoms with E-state index in [1.165, 1.54) is 0 Å². The minimum Gasteiger partial charge on any atom is -0.398 e. The summed E-state index contributed by atoms with van der Waals surface area (Å²) in [5.74, 6) is 0.102. The topological polar surface area (TPSA) is 49.6 Å². The van der Waals surface area contributed by atoms with Gasteiger partial charge in [-0.3, -0.25) is 4.79 Å². The molecule has 0 unspecified atom stereocenters. The molecule has 2 N–H and O–H groups in total. The molecule has 4 nitrogen and oxygen atoms in total. The number of carbonyl (C=O) groups excluding carboxylic acids is 1. The summed E-state index contributed by atoms with van der Waals surface area (Å²) in [5.41, 5.74) is 7.39. The van der Waals surface area contributed by atoms with E-state index < -0.39 is 0 Å². The van der Waals surface area contributed by atoms with Crippen molar-refractivity contribution in [2.75, 3.05) is 40.0 Å². The monoisotopic (exact) mass is 235 g/mol. The summed E-state index contributed by atoms with van der Waals surface area (Å²) < 4.78 is 0. The molecule has 0 aliphatic rings. The number of nitrogens with two attached hydrogens (primary N) is 1. The van der Waals surface area contributed by atoms with Gasteiger partial charge in [0, 0.05) is 25.8 Å². The number of nitrogen functional groups attached to an aromatic ring is 1. The summed E-state index contributed by atoms with van der Waals surface area (Å²) in [5, 5.41) is 0. The number of rotatable bonds is 5. The highest BCUT2D eigenvalue weighted by atomic mass is 16.2. The van der Waals surface area contributed by atoms with Crippen molar-refractivity contribution in [1.29, 1.82) is 0 Å². The van der Waals surface area contributed by atoms with E-state index in [1.54, 1.807) is 4.90 Å². The van der Waals surface area contributed by atoms with Crippen LogP contribution < -0.4 is 5.73 Å². The Hall–Kier alpha value is -1.55. The molecule has 1 rings (SSSR count). The molecule has 0 saturated carbocycles. The Morgan fingerprint density at radius 1 is 1.18 bits per heavy atom. The average Bonchev–Trinajstić information content (AvgIpc) is 2.28. The first kappa shape index (κ1) is 13.5. The number of carbonyl (C=O) groups is 1. The van der Waals surface area contributed by atoms with Crippen LogP contribution in [0.2, 0.25) is 0 Å². The highest BCUT2D eigenvalue weighted by Gasteiger charge is 2.11. The Bertz CT molecular complexity index is 377. The number of hydrogen-bond acceptors (Lipinski definition) is 3. The predicted molar refractivity (Wildman–Crippen MR) is 70.7 cm³/mol. The quantitative estimate of drug-likeness (QED) is 0.769. The lowest BCUT2D eigenvalue weighted by molar-refractivity contribution is -0.129. The number of para-hydroxylation sites is 1. The van der Waals surface area contributed by atoms with Gasteiger partial charge in [0.2, 0.25) is 5.91 Å². The van der Waals surface area contributed by atoms with Crippen LogP contribution in [0.4, 0.5) is 5.69 Å². The number of amides is 1. The molecule has 0 aromatic heterocycles. The maximum Gasteiger partial charge on any atom is 0.226 e. The van der Waals surface area contributed by atoms with Gasteiger partial charge in [-0.25, -0.2) is 0 Å². The summed E-state index contributed by atoms with van der Waals surface area (Å²) in [6, 6.07) is 7.49. The van der Waals surface area contributed by atoms with E-state index in [0.29, 0.717) is 12.1 Å². The molecule has 0 heterocycles. The Morgan fingerprint density at radius 3 is 2.41 bits per heavy atom. The summed E-state index contributed by atoms with van der Waals surface area (Å²) >= 11 is 0. The van der Waals surface area contributed by atoms with Gasteiger partial charge in [0.25, 0.3) is 0 Å². The van der Waals surface area contributed by atoms with Gasteiger partial charge in [0.1, 0.15) is 0 Å². The average molecular weight is 235 g/mol. The Kier molecular flexibility index (Phi) is 4.97. The standard InChI is InChI=1S/C13H21N3O/c1-15(2)8-9-16(3)13(17)10-11-6-4-5-7-12(11)14/h4-7H,8-10,14H2,1-3H3. The van der Waals surface area contributed by atoms with Crippen LogP contribution in [0.1, 0.15) is 5.56 Å². The molecule has 0 radical (unpaired) electrons. The van der Waals surface area contributed by atoms with Crippen molar-refractivity contribution < 1.29 is 4.79 Å². The number of hydrogen-bond donors (Lipinski definition) is 1. The maximum absolute atomic E-state index is 11.9. The minimum absolute atomic E-state index is 0.102. The van der Waals surface area contributed by atoms with E-state index in [1.807, 2.05) is 45.4 Å². The van der Waals surface area contributed by atoms with Crippen LogP contribution in [0.15, 0.2) is 24.3 Å². The summed E-state index contributed by atoms with van der Waals surface area (Å²) in [6.07, 6.45) is 0.372. The van der Waals surface area contributed by atoms with Crippen molar-refractivity contribution in [3.8, 4) is 0 Å². The van der Waals surface area contributed by atoms with Crippen molar-refractivity contribution in [2.45, 2.75) is 6.42 Å². The predicted octanol–water partition coefficient (Wildman–Crippen LogP) is 0.831. The van der Waals surface area contributed by atoms with Gasteiger partial charge in [0.05, 0.1) is 6.42 Å². The van der Waals surface area contributed by atoms with Crippen LogP contribution in [0.25, 0.3) is 0 Å². The smallest absolute Gasteiger partial charge is 0.226 e. The first-order chi connectivity index (χ1) is 8.00. The fourth-order valence-electron chi connectivity index (χ4n) is 1.47. The number of anilines is 1. The van der Waals surface area contributed by atoms with E-state index >= 15 is 0 Å². The number of benzene rings is 1. The third-order valence-electron chi connectivity index (χ3n) is 2.71. The molecule has 1 amide bonds. The molecule has 1 aromatic carbocycles. The minimum atomic E-state index is 0.102.